The van der Waals surface area contributed by atoms with E-state index in [9.17, 15) is 14.4 Å². The predicted octanol–water partition coefficient (Wildman–Crippen LogP) is 20.2. The molecule has 0 N–H and O–H groups in total. The second-order valence-electron chi connectivity index (χ2n) is 19.9. The Labute approximate surface area is 433 Å². The first-order valence-electron chi connectivity index (χ1n) is 29.9. The van der Waals surface area contributed by atoms with E-state index < -0.39 is 6.10 Å². The maximum atomic E-state index is 12.8. The Kier molecular flexibility index (Phi) is 55.8. The van der Waals surface area contributed by atoms with Crippen LogP contribution in [0.5, 0.6) is 0 Å². The summed E-state index contributed by atoms with van der Waals surface area (Å²) in [4.78, 5) is 37.9. The zero-order chi connectivity index (χ0) is 50.7. The van der Waals surface area contributed by atoms with Crippen molar-refractivity contribution in [1.82, 2.24) is 0 Å². The lowest BCUT2D eigenvalue weighted by atomic mass is 10.0. The fourth-order valence-corrected chi connectivity index (χ4v) is 8.47. The smallest absolute Gasteiger partial charge is 0.306 e. The summed E-state index contributed by atoms with van der Waals surface area (Å²) in [5.74, 6) is -0.892. The van der Waals surface area contributed by atoms with Gasteiger partial charge in [0, 0.05) is 19.3 Å². The molecule has 1 atom stereocenters. The molecule has 0 amide bonds. The third kappa shape index (κ3) is 55.8. The molecule has 6 nitrogen and oxygen atoms in total. The van der Waals surface area contributed by atoms with Crippen molar-refractivity contribution >= 4 is 17.9 Å². The predicted molar refractivity (Wildman–Crippen MR) is 302 cm³/mol. The van der Waals surface area contributed by atoms with E-state index in [1.807, 2.05) is 0 Å². The van der Waals surface area contributed by atoms with Crippen LogP contribution in [-0.4, -0.2) is 37.2 Å². The highest BCUT2D eigenvalue weighted by Crippen LogP contribution is 2.16. The van der Waals surface area contributed by atoms with Gasteiger partial charge < -0.3 is 14.2 Å². The maximum absolute atomic E-state index is 12.8. The van der Waals surface area contributed by atoms with Crippen molar-refractivity contribution in [1.29, 1.82) is 0 Å². The molecule has 0 saturated carbocycles. The topological polar surface area (TPSA) is 78.9 Å². The Morgan fingerprint density at radius 2 is 0.557 bits per heavy atom. The lowest BCUT2D eigenvalue weighted by molar-refractivity contribution is -0.167. The first-order valence-corrected chi connectivity index (χ1v) is 29.9. The van der Waals surface area contributed by atoms with Crippen LogP contribution >= 0.6 is 0 Å². The Hall–Kier alpha value is -3.15. The molecule has 0 heterocycles. The summed E-state index contributed by atoms with van der Waals surface area (Å²) < 4.78 is 16.7. The summed E-state index contributed by atoms with van der Waals surface area (Å²) in [6, 6.07) is 0. The molecule has 0 aromatic carbocycles. The van der Waals surface area contributed by atoms with Gasteiger partial charge in [-0.1, -0.05) is 261 Å². The highest BCUT2D eigenvalue weighted by atomic mass is 16.6. The van der Waals surface area contributed by atoms with Gasteiger partial charge in [0.1, 0.15) is 13.2 Å². The summed E-state index contributed by atoms with van der Waals surface area (Å²) >= 11 is 0. The average Bonchev–Trinajstić information content (AvgIpc) is 3.36. The number of unbranched alkanes of at least 4 members (excludes halogenated alkanes) is 31. The Balaban J connectivity index is 4.00. The molecule has 0 saturated heterocycles. The average molecular weight is 978 g/mol. The highest BCUT2D eigenvalue weighted by molar-refractivity contribution is 5.71. The van der Waals surface area contributed by atoms with E-state index in [4.69, 9.17) is 14.2 Å². The number of esters is 3. The Bertz CT molecular complexity index is 1310. The van der Waals surface area contributed by atoms with E-state index in [0.717, 1.165) is 109 Å². The number of carbonyl (C=O) groups excluding carboxylic acids is 3. The molecule has 0 bridgehead atoms. The molecular formula is C64H112O6. The van der Waals surface area contributed by atoms with Gasteiger partial charge in [0.2, 0.25) is 0 Å². The Morgan fingerprint density at radius 3 is 0.900 bits per heavy atom. The largest absolute Gasteiger partial charge is 0.462 e. The van der Waals surface area contributed by atoms with Gasteiger partial charge in [-0.15, -0.1) is 0 Å². The minimum absolute atomic E-state index is 0.0777. The second kappa shape index (κ2) is 58.4. The van der Waals surface area contributed by atoms with Crippen molar-refractivity contribution in [3.63, 3.8) is 0 Å². The molecule has 0 fully saturated rings. The fourth-order valence-electron chi connectivity index (χ4n) is 8.47. The first kappa shape index (κ1) is 66.9. The molecule has 0 spiro atoms. The van der Waals surface area contributed by atoms with Crippen LogP contribution in [-0.2, 0) is 28.6 Å². The molecule has 0 aliphatic rings. The summed E-state index contributed by atoms with van der Waals surface area (Å²) in [6.07, 6.45) is 75.2. The quantitative estimate of drug-likeness (QED) is 0.0261. The lowest BCUT2D eigenvalue weighted by Gasteiger charge is -2.18. The number of hydrogen-bond acceptors (Lipinski definition) is 6. The number of allylic oxidation sites excluding steroid dienone is 12. The van der Waals surface area contributed by atoms with Crippen LogP contribution in [0.2, 0.25) is 0 Å². The highest BCUT2D eigenvalue weighted by Gasteiger charge is 2.19. The molecule has 0 rings (SSSR count). The Morgan fingerprint density at radius 1 is 0.300 bits per heavy atom. The van der Waals surface area contributed by atoms with E-state index in [2.05, 4.69) is 93.7 Å². The summed E-state index contributed by atoms with van der Waals surface area (Å²) in [6.45, 7) is 6.45. The van der Waals surface area contributed by atoms with Gasteiger partial charge in [-0.25, -0.2) is 0 Å². The third-order valence-electron chi connectivity index (χ3n) is 12.9. The zero-order valence-corrected chi connectivity index (χ0v) is 46.3. The minimum atomic E-state index is -0.777. The van der Waals surface area contributed by atoms with Gasteiger partial charge in [-0.2, -0.15) is 0 Å². The fraction of sp³-hybridized carbons (Fsp3) is 0.766. The van der Waals surface area contributed by atoms with Crippen LogP contribution in [0.3, 0.4) is 0 Å². The van der Waals surface area contributed by atoms with Gasteiger partial charge in [0.05, 0.1) is 0 Å². The molecule has 1 unspecified atom stereocenters. The van der Waals surface area contributed by atoms with Crippen molar-refractivity contribution in [2.45, 2.75) is 303 Å². The molecule has 0 radical (unpaired) electrons. The monoisotopic (exact) mass is 977 g/mol. The molecule has 0 aliphatic carbocycles. The second-order valence-corrected chi connectivity index (χ2v) is 19.9. The molecule has 6 heteroatoms. The van der Waals surface area contributed by atoms with E-state index in [-0.39, 0.29) is 31.1 Å². The summed E-state index contributed by atoms with van der Waals surface area (Å²) in [7, 11) is 0. The lowest BCUT2D eigenvalue weighted by Crippen LogP contribution is -2.30. The standard InChI is InChI=1S/C64H112O6/c1-4-7-10-13-16-18-20-22-24-25-26-27-28-29-30-31-32-33-34-35-36-37-38-39-41-42-44-46-48-51-54-57-63(66)69-60-61(59-68-62(65)56-53-50-15-12-9-6-3)70-64(67)58-55-52-49-47-45-43-40-23-21-19-17-14-11-8-5-2/h7,10,16-19,22-24,26-27,40,61H,4-6,8-9,11-15,20-21,25,28-39,41-60H2,1-3H3/b10-7-,18-16-,19-17-,24-22-,27-26-,40-23-. The summed E-state index contributed by atoms with van der Waals surface area (Å²) in [5, 5.41) is 0. The van der Waals surface area contributed by atoms with Crippen molar-refractivity contribution in [2.75, 3.05) is 13.2 Å². The number of ether oxygens (including phenoxy) is 3. The molecule has 404 valence electrons. The van der Waals surface area contributed by atoms with E-state index in [1.54, 1.807) is 0 Å². The molecule has 70 heavy (non-hydrogen) atoms. The van der Waals surface area contributed by atoms with Crippen molar-refractivity contribution in [2.24, 2.45) is 0 Å². The van der Waals surface area contributed by atoms with Crippen LogP contribution in [0.25, 0.3) is 0 Å². The van der Waals surface area contributed by atoms with Gasteiger partial charge in [-0.05, 0) is 89.9 Å². The minimum Gasteiger partial charge on any atom is -0.462 e. The number of hydrogen-bond donors (Lipinski definition) is 0. The van der Waals surface area contributed by atoms with Gasteiger partial charge in [-0.3, -0.25) is 14.4 Å². The summed E-state index contributed by atoms with van der Waals surface area (Å²) in [5.41, 5.74) is 0. The SMILES string of the molecule is CC/C=C\C/C=C\C/C=C\C/C=C\CCCCCCCCCCCCCCCCCCCCC(=O)OCC(COC(=O)CCCCCCCC)OC(=O)CCCCCCC/C=C\C/C=C\CCCCC. The van der Waals surface area contributed by atoms with Crippen molar-refractivity contribution < 1.29 is 28.6 Å². The molecule has 0 aliphatic heterocycles. The van der Waals surface area contributed by atoms with Crippen LogP contribution < -0.4 is 0 Å². The van der Waals surface area contributed by atoms with Crippen LogP contribution in [0.4, 0.5) is 0 Å². The number of rotatable bonds is 54. The van der Waals surface area contributed by atoms with Gasteiger partial charge in [0.25, 0.3) is 0 Å². The van der Waals surface area contributed by atoms with Crippen LogP contribution in [0.1, 0.15) is 297 Å². The van der Waals surface area contributed by atoms with Gasteiger partial charge >= 0.3 is 17.9 Å². The maximum Gasteiger partial charge on any atom is 0.306 e. The number of carbonyl (C=O) groups is 3. The normalized spacial score (nSPS) is 12.6. The molecule has 0 aromatic heterocycles. The third-order valence-corrected chi connectivity index (χ3v) is 12.9. The van der Waals surface area contributed by atoms with E-state index in [0.29, 0.717) is 19.3 Å². The molecule has 0 aromatic rings. The van der Waals surface area contributed by atoms with Gasteiger partial charge in [0.15, 0.2) is 6.10 Å². The van der Waals surface area contributed by atoms with E-state index in [1.165, 1.54) is 148 Å². The first-order chi connectivity index (χ1) is 34.5. The van der Waals surface area contributed by atoms with Crippen molar-refractivity contribution in [3.8, 4) is 0 Å². The van der Waals surface area contributed by atoms with Crippen LogP contribution in [0, 0.1) is 0 Å². The molecular weight excluding hydrogens is 865 g/mol. The van der Waals surface area contributed by atoms with E-state index >= 15 is 0 Å². The van der Waals surface area contributed by atoms with Crippen molar-refractivity contribution in [3.05, 3.63) is 72.9 Å². The van der Waals surface area contributed by atoms with Crippen LogP contribution in [0.15, 0.2) is 72.9 Å². The zero-order valence-electron chi connectivity index (χ0n) is 46.3.